The van der Waals surface area contributed by atoms with Gasteiger partial charge in [0.15, 0.2) is 12.0 Å². The van der Waals surface area contributed by atoms with E-state index in [0.717, 1.165) is 0 Å². The molecule has 0 aromatic rings. The summed E-state index contributed by atoms with van der Waals surface area (Å²) in [6.45, 7) is 8.97. The third-order valence-corrected chi connectivity index (χ3v) is 3.87. The summed E-state index contributed by atoms with van der Waals surface area (Å²) in [5, 5.41) is 19.7. The molecule has 0 aliphatic carbocycles. The highest BCUT2D eigenvalue weighted by Gasteiger charge is 2.39. The van der Waals surface area contributed by atoms with Crippen molar-refractivity contribution in [1.29, 1.82) is 0 Å². The molecule has 1 unspecified atom stereocenters. The Morgan fingerprint density at radius 1 is 1.38 bits per heavy atom. The van der Waals surface area contributed by atoms with E-state index in [-0.39, 0.29) is 30.7 Å². The number of nitrogens with zero attached hydrogens (tertiary/aromatic N) is 2. The van der Waals surface area contributed by atoms with Crippen LogP contribution in [0, 0.1) is 5.92 Å². The molecule has 2 aliphatic rings. The number of aliphatic hydroxyl groups is 2. The van der Waals surface area contributed by atoms with Gasteiger partial charge in [-0.1, -0.05) is 0 Å². The zero-order valence-electron chi connectivity index (χ0n) is 14.6. The van der Waals surface area contributed by atoms with Crippen LogP contribution in [0.2, 0.25) is 0 Å². The van der Waals surface area contributed by atoms with Crippen molar-refractivity contribution in [2.75, 3.05) is 32.8 Å². The van der Waals surface area contributed by atoms with Crippen molar-refractivity contribution in [3.63, 3.8) is 0 Å². The van der Waals surface area contributed by atoms with Crippen molar-refractivity contribution >= 4 is 12.0 Å². The van der Waals surface area contributed by atoms with Crippen molar-refractivity contribution in [2.45, 2.75) is 39.6 Å². The van der Waals surface area contributed by atoms with Crippen molar-refractivity contribution in [2.24, 2.45) is 5.92 Å². The fourth-order valence-corrected chi connectivity index (χ4v) is 2.71. The normalized spacial score (nSPS) is 20.5. The highest BCUT2D eigenvalue weighted by Crippen LogP contribution is 2.25. The second kappa shape index (κ2) is 6.98. The smallest absolute Gasteiger partial charge is 0.410 e. The van der Waals surface area contributed by atoms with Crippen LogP contribution in [0.25, 0.3) is 0 Å². The Morgan fingerprint density at radius 3 is 2.54 bits per heavy atom. The molecule has 0 radical (unpaired) electrons. The van der Waals surface area contributed by atoms with Crippen LogP contribution in [0.1, 0.15) is 27.7 Å². The molecule has 0 saturated carbocycles. The first-order chi connectivity index (χ1) is 11.1. The number of hydrogen-bond acceptors (Lipinski definition) is 6. The molecule has 8 nitrogen and oxygen atoms in total. The molecule has 0 aromatic carbocycles. The van der Waals surface area contributed by atoms with Gasteiger partial charge < -0.3 is 29.5 Å². The van der Waals surface area contributed by atoms with Crippen LogP contribution in [0.4, 0.5) is 4.79 Å². The summed E-state index contributed by atoms with van der Waals surface area (Å²) in [6, 6.07) is 0. The quantitative estimate of drug-likeness (QED) is 0.719. The summed E-state index contributed by atoms with van der Waals surface area (Å²) in [5.41, 5.74) is -0.349. The van der Waals surface area contributed by atoms with Gasteiger partial charge >= 0.3 is 6.09 Å². The maximum atomic E-state index is 12.0. The fourth-order valence-electron chi connectivity index (χ4n) is 2.71. The largest absolute Gasteiger partial charge is 0.503 e. The van der Waals surface area contributed by atoms with E-state index in [9.17, 15) is 19.8 Å². The first kappa shape index (κ1) is 18.5. The average molecular weight is 342 g/mol. The third kappa shape index (κ3) is 4.18. The molecule has 2 rings (SSSR count). The van der Waals surface area contributed by atoms with Crippen molar-refractivity contribution in [3.8, 4) is 0 Å². The average Bonchev–Trinajstić information content (AvgIpc) is 2.68. The Hall–Kier alpha value is -1.80. The number of carbonyl (C=O) groups excluding carboxylic acids is 2. The molecule has 2 amide bonds. The standard InChI is InChI=1S/C16H26N2O6/c1-5-23-14(21)11-9-17(13(20)12(11)19)6-10-7-18(8-10)15(22)24-16(2,3)4/h10,14,19,21H,5-9H2,1-4H3. The number of carbonyl (C=O) groups is 2. The van der Waals surface area contributed by atoms with E-state index in [1.54, 1.807) is 11.8 Å². The summed E-state index contributed by atoms with van der Waals surface area (Å²) in [7, 11) is 0. The van der Waals surface area contributed by atoms with Crippen molar-refractivity contribution < 1.29 is 29.3 Å². The summed E-state index contributed by atoms with van der Waals surface area (Å²) in [5.74, 6) is -0.836. The summed E-state index contributed by atoms with van der Waals surface area (Å²) >= 11 is 0. The molecule has 1 atom stereocenters. The van der Waals surface area contributed by atoms with Gasteiger partial charge in [0, 0.05) is 32.2 Å². The lowest BCUT2D eigenvalue weighted by atomic mass is 10.0. The second-order valence-electron chi connectivity index (χ2n) is 7.12. The summed E-state index contributed by atoms with van der Waals surface area (Å²) < 4.78 is 10.3. The zero-order valence-corrected chi connectivity index (χ0v) is 14.6. The first-order valence-electron chi connectivity index (χ1n) is 8.11. The minimum absolute atomic E-state index is 0.123. The molecule has 1 fully saturated rings. The molecule has 2 aliphatic heterocycles. The summed E-state index contributed by atoms with van der Waals surface area (Å²) in [4.78, 5) is 27.0. The summed E-state index contributed by atoms with van der Waals surface area (Å²) in [6.07, 6.45) is -1.64. The maximum absolute atomic E-state index is 12.0. The van der Waals surface area contributed by atoms with E-state index in [1.807, 2.05) is 20.8 Å². The van der Waals surface area contributed by atoms with Gasteiger partial charge in [-0.2, -0.15) is 0 Å². The van der Waals surface area contributed by atoms with Gasteiger partial charge in [-0.25, -0.2) is 4.79 Å². The minimum Gasteiger partial charge on any atom is -0.503 e. The van der Waals surface area contributed by atoms with Gasteiger partial charge in [0.2, 0.25) is 0 Å². The lowest BCUT2D eigenvalue weighted by Gasteiger charge is -2.41. The zero-order chi connectivity index (χ0) is 18.1. The van der Waals surface area contributed by atoms with E-state index < -0.39 is 23.6 Å². The van der Waals surface area contributed by atoms with Crippen LogP contribution in [0.5, 0.6) is 0 Å². The van der Waals surface area contributed by atoms with E-state index >= 15 is 0 Å². The van der Waals surface area contributed by atoms with E-state index in [0.29, 0.717) is 19.6 Å². The van der Waals surface area contributed by atoms with Gasteiger partial charge in [0.25, 0.3) is 5.91 Å². The molecule has 2 heterocycles. The van der Waals surface area contributed by atoms with Crippen LogP contribution in [-0.4, -0.2) is 76.7 Å². The minimum atomic E-state index is -1.27. The molecule has 2 N–H and O–H groups in total. The van der Waals surface area contributed by atoms with Crippen LogP contribution in [0.3, 0.4) is 0 Å². The SMILES string of the molecule is CCOC(O)C1=C(O)C(=O)N(CC2CN(C(=O)OC(C)(C)C)C2)C1. The Labute approximate surface area is 141 Å². The van der Waals surface area contributed by atoms with Gasteiger partial charge in [0.1, 0.15) is 5.60 Å². The van der Waals surface area contributed by atoms with Crippen LogP contribution < -0.4 is 0 Å². The molecular formula is C16H26N2O6. The molecule has 136 valence electrons. The number of ether oxygens (including phenoxy) is 2. The Morgan fingerprint density at radius 2 is 2.00 bits per heavy atom. The van der Waals surface area contributed by atoms with E-state index in [1.165, 1.54) is 4.90 Å². The molecule has 24 heavy (non-hydrogen) atoms. The van der Waals surface area contributed by atoms with Gasteiger partial charge in [-0.3, -0.25) is 4.79 Å². The van der Waals surface area contributed by atoms with Crippen LogP contribution in [-0.2, 0) is 14.3 Å². The third-order valence-electron chi connectivity index (χ3n) is 3.87. The lowest BCUT2D eigenvalue weighted by Crippen LogP contribution is -2.55. The predicted molar refractivity (Wildman–Crippen MR) is 85.2 cm³/mol. The lowest BCUT2D eigenvalue weighted by molar-refractivity contribution is -0.129. The van der Waals surface area contributed by atoms with Gasteiger partial charge in [-0.15, -0.1) is 0 Å². The molecule has 1 saturated heterocycles. The van der Waals surface area contributed by atoms with Gasteiger partial charge in [0.05, 0.1) is 12.1 Å². The van der Waals surface area contributed by atoms with E-state index in [4.69, 9.17) is 9.47 Å². The van der Waals surface area contributed by atoms with Gasteiger partial charge in [-0.05, 0) is 27.7 Å². The number of amides is 2. The predicted octanol–water partition coefficient (Wildman–Crippen LogP) is 0.862. The van der Waals surface area contributed by atoms with Crippen molar-refractivity contribution in [3.05, 3.63) is 11.3 Å². The molecule has 0 bridgehead atoms. The number of likely N-dealkylation sites (tertiary alicyclic amines) is 1. The van der Waals surface area contributed by atoms with Crippen molar-refractivity contribution in [1.82, 2.24) is 9.80 Å². The molecule has 0 aromatic heterocycles. The Balaban J connectivity index is 1.81. The Kier molecular flexibility index (Phi) is 5.39. The first-order valence-corrected chi connectivity index (χ1v) is 8.11. The van der Waals surface area contributed by atoms with E-state index in [2.05, 4.69) is 0 Å². The molecule has 8 heteroatoms. The fraction of sp³-hybridized carbons (Fsp3) is 0.750. The second-order valence-corrected chi connectivity index (χ2v) is 7.12. The number of hydrogen-bond donors (Lipinski definition) is 2. The Bertz CT molecular complexity index is 533. The highest BCUT2D eigenvalue weighted by molar-refractivity contribution is 5.94. The van der Waals surface area contributed by atoms with Crippen LogP contribution >= 0.6 is 0 Å². The molecule has 0 spiro atoms. The number of aliphatic hydroxyl groups excluding tert-OH is 2. The topological polar surface area (TPSA) is 99.5 Å². The van der Waals surface area contributed by atoms with Crippen LogP contribution in [0.15, 0.2) is 11.3 Å². The highest BCUT2D eigenvalue weighted by atomic mass is 16.6. The monoisotopic (exact) mass is 342 g/mol. The molecular weight excluding hydrogens is 316 g/mol. The number of rotatable bonds is 5. The maximum Gasteiger partial charge on any atom is 0.410 e.